The van der Waals surface area contributed by atoms with Crippen LogP contribution in [0.3, 0.4) is 0 Å². The fourth-order valence-electron chi connectivity index (χ4n) is 2.40. The molecule has 0 aromatic carbocycles. The number of nitrogens with zero attached hydrogens (tertiary/aromatic N) is 5. The van der Waals surface area contributed by atoms with E-state index in [4.69, 9.17) is 0 Å². The van der Waals surface area contributed by atoms with Gasteiger partial charge in [-0.15, -0.1) is 11.3 Å². The molecule has 110 valence electrons. The minimum atomic E-state index is -0.0123. The number of carbonyl (C=O) groups is 1. The first-order valence-electron chi connectivity index (χ1n) is 6.95. The highest BCUT2D eigenvalue weighted by atomic mass is 32.1. The molecule has 3 rings (SSSR count). The van der Waals surface area contributed by atoms with Crippen LogP contribution in [0.5, 0.6) is 0 Å². The second-order valence-electron chi connectivity index (χ2n) is 5.06. The van der Waals surface area contributed by atoms with E-state index in [1.807, 2.05) is 23.2 Å². The molecule has 0 unspecified atom stereocenters. The van der Waals surface area contributed by atoms with E-state index in [9.17, 15) is 4.79 Å². The molecular formula is C14H17N5OS. The zero-order chi connectivity index (χ0) is 14.7. The number of anilines is 1. The first-order valence-corrected chi connectivity index (χ1v) is 7.82. The van der Waals surface area contributed by atoms with Gasteiger partial charge in [0.1, 0.15) is 0 Å². The van der Waals surface area contributed by atoms with Crippen LogP contribution in [0.2, 0.25) is 0 Å². The van der Waals surface area contributed by atoms with E-state index in [1.54, 1.807) is 18.5 Å². The average Bonchev–Trinajstić information content (AvgIpc) is 2.93. The van der Waals surface area contributed by atoms with Crippen LogP contribution in [0.4, 0.5) is 5.95 Å². The summed E-state index contributed by atoms with van der Waals surface area (Å²) in [4.78, 5) is 27.8. The zero-order valence-electron chi connectivity index (χ0n) is 11.8. The van der Waals surface area contributed by atoms with Gasteiger partial charge < -0.3 is 9.47 Å². The molecule has 0 atom stereocenters. The van der Waals surface area contributed by atoms with E-state index in [2.05, 4.69) is 19.9 Å². The molecule has 0 radical (unpaired) electrons. The number of carbonyl (C=O) groups excluding carboxylic acids is 1. The van der Waals surface area contributed by atoms with Gasteiger partial charge in [0.15, 0.2) is 4.80 Å². The molecule has 0 aliphatic carbocycles. The molecule has 2 aromatic heterocycles. The zero-order valence-corrected chi connectivity index (χ0v) is 12.7. The van der Waals surface area contributed by atoms with Crippen LogP contribution in [0.25, 0.3) is 0 Å². The summed E-state index contributed by atoms with van der Waals surface area (Å²) in [6, 6.07) is 1.81. The lowest BCUT2D eigenvalue weighted by Gasteiger charge is -2.30. The summed E-state index contributed by atoms with van der Waals surface area (Å²) in [5, 5.41) is 1.93. The second-order valence-corrected chi connectivity index (χ2v) is 5.93. The van der Waals surface area contributed by atoms with E-state index < -0.39 is 0 Å². The minimum absolute atomic E-state index is 0.00654. The summed E-state index contributed by atoms with van der Waals surface area (Å²) in [6.07, 6.45) is 6.99. The largest absolute Gasteiger partial charge is 0.341 e. The molecule has 6 nitrogen and oxygen atoms in total. The van der Waals surface area contributed by atoms with Crippen molar-refractivity contribution in [3.8, 4) is 0 Å². The fraction of sp³-hybridized carbons (Fsp3) is 0.429. The molecule has 1 amide bonds. The Kier molecular flexibility index (Phi) is 4.10. The van der Waals surface area contributed by atoms with Crippen molar-refractivity contribution in [1.82, 2.24) is 14.5 Å². The van der Waals surface area contributed by atoms with Gasteiger partial charge in [0.2, 0.25) is 5.95 Å². The molecular weight excluding hydrogens is 286 g/mol. The third-order valence-electron chi connectivity index (χ3n) is 3.64. The van der Waals surface area contributed by atoms with Crippen LogP contribution in [-0.2, 0) is 11.8 Å². The summed E-state index contributed by atoms with van der Waals surface area (Å²) in [6.45, 7) is 1.60. The smallest absolute Gasteiger partial charge is 0.251 e. The lowest BCUT2D eigenvalue weighted by atomic mass is 9.96. The molecule has 0 saturated carbocycles. The Morgan fingerprint density at radius 3 is 2.67 bits per heavy atom. The van der Waals surface area contributed by atoms with Crippen LogP contribution in [0.15, 0.2) is 35.0 Å². The Hall–Kier alpha value is -2.02. The van der Waals surface area contributed by atoms with E-state index in [-0.39, 0.29) is 11.8 Å². The minimum Gasteiger partial charge on any atom is -0.341 e. The molecule has 1 aliphatic heterocycles. The third kappa shape index (κ3) is 3.18. The normalized spacial score (nSPS) is 17.2. The molecule has 1 saturated heterocycles. The molecule has 21 heavy (non-hydrogen) atoms. The van der Waals surface area contributed by atoms with Gasteiger partial charge in [-0.1, -0.05) is 0 Å². The van der Waals surface area contributed by atoms with E-state index in [0.29, 0.717) is 0 Å². The van der Waals surface area contributed by atoms with Crippen LogP contribution in [0.1, 0.15) is 12.8 Å². The maximum Gasteiger partial charge on any atom is 0.251 e. The van der Waals surface area contributed by atoms with Crippen molar-refractivity contribution in [2.45, 2.75) is 12.8 Å². The molecule has 2 aromatic rings. The number of aryl methyl sites for hydroxylation is 1. The maximum absolute atomic E-state index is 12.2. The van der Waals surface area contributed by atoms with Gasteiger partial charge >= 0.3 is 0 Å². The van der Waals surface area contributed by atoms with Crippen molar-refractivity contribution < 1.29 is 4.79 Å². The highest BCUT2D eigenvalue weighted by molar-refractivity contribution is 7.07. The molecule has 1 fully saturated rings. The second kappa shape index (κ2) is 6.17. The molecule has 1 aliphatic rings. The summed E-state index contributed by atoms with van der Waals surface area (Å²) in [5.41, 5.74) is 0. The maximum atomic E-state index is 12.2. The quantitative estimate of drug-likeness (QED) is 0.837. The number of hydrogen-bond donors (Lipinski definition) is 0. The third-order valence-corrected chi connectivity index (χ3v) is 4.49. The molecule has 3 heterocycles. The van der Waals surface area contributed by atoms with Crippen LogP contribution in [-0.4, -0.2) is 33.5 Å². The SMILES string of the molecule is Cn1ccsc1=NC(=O)C1CCN(c2ncccn2)CC1. The van der Waals surface area contributed by atoms with Gasteiger partial charge in [-0.2, -0.15) is 4.99 Å². The first kappa shape index (κ1) is 13.9. The molecule has 0 N–H and O–H groups in total. The van der Waals surface area contributed by atoms with Crippen LogP contribution < -0.4 is 9.70 Å². The number of aromatic nitrogens is 3. The molecule has 0 spiro atoms. The lowest BCUT2D eigenvalue weighted by Crippen LogP contribution is -2.37. The van der Waals surface area contributed by atoms with Crippen molar-refractivity contribution in [3.63, 3.8) is 0 Å². The lowest BCUT2D eigenvalue weighted by molar-refractivity contribution is -0.122. The van der Waals surface area contributed by atoms with Crippen LogP contribution in [0, 0.1) is 5.92 Å². The van der Waals surface area contributed by atoms with Gasteiger partial charge in [-0.05, 0) is 18.9 Å². The topological polar surface area (TPSA) is 63.4 Å². The Morgan fingerprint density at radius 2 is 2.05 bits per heavy atom. The van der Waals surface area contributed by atoms with Crippen molar-refractivity contribution in [2.24, 2.45) is 18.0 Å². The van der Waals surface area contributed by atoms with Gasteiger partial charge in [0.05, 0.1) is 0 Å². The average molecular weight is 303 g/mol. The molecule has 0 bridgehead atoms. The summed E-state index contributed by atoms with van der Waals surface area (Å²) in [7, 11) is 1.90. The number of piperidine rings is 1. The molecule has 7 heteroatoms. The van der Waals surface area contributed by atoms with Crippen LogP contribution >= 0.6 is 11.3 Å². The summed E-state index contributed by atoms with van der Waals surface area (Å²) in [5.74, 6) is 0.735. The van der Waals surface area contributed by atoms with Gasteiger partial charge in [0, 0.05) is 50.0 Å². The van der Waals surface area contributed by atoms with E-state index in [0.717, 1.165) is 36.7 Å². The highest BCUT2D eigenvalue weighted by Gasteiger charge is 2.25. The Labute approximate surface area is 126 Å². The summed E-state index contributed by atoms with van der Waals surface area (Å²) < 4.78 is 1.87. The fourth-order valence-corrected chi connectivity index (χ4v) is 3.14. The Bertz CT molecular complexity index is 670. The van der Waals surface area contributed by atoms with Gasteiger partial charge in [0.25, 0.3) is 5.91 Å². The van der Waals surface area contributed by atoms with Crippen molar-refractivity contribution in [3.05, 3.63) is 34.8 Å². The van der Waals surface area contributed by atoms with Gasteiger partial charge in [-0.25, -0.2) is 9.97 Å². The number of rotatable bonds is 2. The van der Waals surface area contributed by atoms with E-state index >= 15 is 0 Å². The standard InChI is InChI=1S/C14H17N5OS/c1-18-9-10-21-14(18)17-12(20)11-3-7-19(8-4-11)13-15-5-2-6-16-13/h2,5-6,9-11H,3-4,7-8H2,1H3. The van der Waals surface area contributed by atoms with Gasteiger partial charge in [-0.3, -0.25) is 4.79 Å². The number of hydrogen-bond acceptors (Lipinski definition) is 5. The van der Waals surface area contributed by atoms with Crippen molar-refractivity contribution in [2.75, 3.05) is 18.0 Å². The predicted octanol–water partition coefficient (Wildman–Crippen LogP) is 1.22. The highest BCUT2D eigenvalue weighted by Crippen LogP contribution is 2.21. The number of amides is 1. The van der Waals surface area contributed by atoms with Crippen molar-refractivity contribution >= 4 is 23.2 Å². The van der Waals surface area contributed by atoms with Crippen molar-refractivity contribution in [1.29, 1.82) is 0 Å². The Morgan fingerprint density at radius 1 is 1.33 bits per heavy atom. The van der Waals surface area contributed by atoms with E-state index in [1.165, 1.54) is 11.3 Å². The Balaban J connectivity index is 1.64. The number of thiazole rings is 1. The monoisotopic (exact) mass is 303 g/mol. The summed E-state index contributed by atoms with van der Waals surface area (Å²) >= 11 is 1.48. The first-order chi connectivity index (χ1) is 10.2. The predicted molar refractivity (Wildman–Crippen MR) is 80.8 cm³/mol.